The molecule has 0 unspecified atom stereocenters. The molecule has 0 radical (unpaired) electrons. The van der Waals surface area contributed by atoms with Gasteiger partial charge in [0.2, 0.25) is 0 Å². The molecule has 1 heterocycles. The van der Waals surface area contributed by atoms with Crippen LogP contribution in [0.15, 0.2) is 66.6 Å². The zero-order valence-corrected chi connectivity index (χ0v) is 15.5. The molecule has 0 aliphatic heterocycles. The molecule has 4 nitrogen and oxygen atoms in total. The van der Waals surface area contributed by atoms with Crippen LogP contribution in [0.1, 0.15) is 16.1 Å². The van der Waals surface area contributed by atoms with Gasteiger partial charge in [-0.2, -0.15) is 0 Å². The Hall–Kier alpha value is -2.63. The summed E-state index contributed by atoms with van der Waals surface area (Å²) in [6.07, 6.45) is 1.63. The van der Waals surface area contributed by atoms with E-state index in [1.54, 1.807) is 11.5 Å². The molecule has 0 aliphatic carbocycles. The summed E-state index contributed by atoms with van der Waals surface area (Å²) >= 11 is 7.41. The maximum absolute atomic E-state index is 12.0. The number of carbonyl (C=O) groups is 1. The van der Waals surface area contributed by atoms with Crippen molar-refractivity contribution in [2.24, 2.45) is 0 Å². The predicted molar refractivity (Wildman–Crippen MR) is 106 cm³/mol. The summed E-state index contributed by atoms with van der Waals surface area (Å²) in [5, 5.41) is 5.91. The Labute approximate surface area is 161 Å². The highest BCUT2D eigenvalue weighted by Gasteiger charge is 2.11. The van der Waals surface area contributed by atoms with Crippen LogP contribution < -0.4 is 10.1 Å². The van der Waals surface area contributed by atoms with Crippen molar-refractivity contribution < 1.29 is 9.53 Å². The van der Waals surface area contributed by atoms with Crippen molar-refractivity contribution in [2.75, 3.05) is 6.54 Å². The van der Waals surface area contributed by atoms with Crippen LogP contribution in [0.4, 0.5) is 0 Å². The Bertz CT molecular complexity index is 923. The molecule has 0 bridgehead atoms. The molecule has 1 N–H and O–H groups in total. The first kappa shape index (κ1) is 18.2. The molecule has 132 valence electrons. The number of aromatic nitrogens is 1. The van der Waals surface area contributed by atoms with Crippen LogP contribution in [-0.2, 0) is 6.61 Å². The van der Waals surface area contributed by atoms with Crippen LogP contribution in [0.3, 0.4) is 0 Å². The van der Waals surface area contributed by atoms with Crippen molar-refractivity contribution in [1.29, 1.82) is 0 Å². The van der Waals surface area contributed by atoms with Gasteiger partial charge < -0.3 is 10.1 Å². The summed E-state index contributed by atoms with van der Waals surface area (Å²) in [4.78, 5) is 16.4. The second-order valence-electron chi connectivity index (χ2n) is 5.48. The normalized spacial score (nSPS) is 10.3. The Morgan fingerprint density at radius 3 is 2.92 bits per heavy atom. The van der Waals surface area contributed by atoms with E-state index >= 15 is 0 Å². The highest BCUT2D eigenvalue weighted by Crippen LogP contribution is 2.27. The maximum atomic E-state index is 12.0. The summed E-state index contributed by atoms with van der Waals surface area (Å²) in [5.41, 5.74) is 2.30. The molecule has 1 aromatic heterocycles. The third kappa shape index (κ3) is 4.71. The molecule has 26 heavy (non-hydrogen) atoms. The van der Waals surface area contributed by atoms with E-state index in [0.29, 0.717) is 23.9 Å². The Balaban J connectivity index is 1.70. The van der Waals surface area contributed by atoms with E-state index in [-0.39, 0.29) is 5.91 Å². The average molecular weight is 385 g/mol. The number of halogens is 1. The highest BCUT2D eigenvalue weighted by molar-refractivity contribution is 7.13. The fraction of sp³-hybridized carbons (Fsp3) is 0.100. The number of rotatable bonds is 7. The van der Waals surface area contributed by atoms with Gasteiger partial charge in [0, 0.05) is 22.5 Å². The number of benzene rings is 2. The van der Waals surface area contributed by atoms with E-state index in [1.807, 2.05) is 48.5 Å². The number of nitrogens with zero attached hydrogens (tertiary/aromatic N) is 1. The van der Waals surface area contributed by atoms with E-state index < -0.39 is 0 Å². The van der Waals surface area contributed by atoms with Crippen molar-refractivity contribution in [1.82, 2.24) is 10.3 Å². The van der Waals surface area contributed by atoms with Crippen LogP contribution in [0, 0.1) is 0 Å². The van der Waals surface area contributed by atoms with Gasteiger partial charge in [0.25, 0.3) is 5.91 Å². The molecule has 2 aromatic carbocycles. The first-order valence-electron chi connectivity index (χ1n) is 7.98. The average Bonchev–Trinajstić information content (AvgIpc) is 3.15. The summed E-state index contributed by atoms with van der Waals surface area (Å²) in [6, 6.07) is 15.2. The predicted octanol–water partition coefficient (Wildman–Crippen LogP) is 4.96. The lowest BCUT2D eigenvalue weighted by molar-refractivity contribution is 0.0954. The summed E-state index contributed by atoms with van der Waals surface area (Å²) in [5.74, 6) is 0.524. The highest BCUT2D eigenvalue weighted by atomic mass is 35.5. The lowest BCUT2D eigenvalue weighted by Crippen LogP contribution is -2.23. The van der Waals surface area contributed by atoms with Crippen LogP contribution in [0.25, 0.3) is 10.6 Å². The first-order chi connectivity index (χ1) is 12.7. The molecule has 0 spiro atoms. The van der Waals surface area contributed by atoms with E-state index in [1.165, 1.54) is 11.3 Å². The summed E-state index contributed by atoms with van der Waals surface area (Å²) in [7, 11) is 0. The molecule has 0 saturated heterocycles. The van der Waals surface area contributed by atoms with Gasteiger partial charge >= 0.3 is 0 Å². The quantitative estimate of drug-likeness (QED) is 0.586. The van der Waals surface area contributed by atoms with Gasteiger partial charge in [-0.1, -0.05) is 41.9 Å². The smallest absolute Gasteiger partial charge is 0.271 e. The van der Waals surface area contributed by atoms with E-state index in [4.69, 9.17) is 16.3 Å². The van der Waals surface area contributed by atoms with Gasteiger partial charge in [0.1, 0.15) is 23.1 Å². The minimum absolute atomic E-state index is 0.208. The van der Waals surface area contributed by atoms with Crippen molar-refractivity contribution in [3.05, 3.63) is 82.8 Å². The summed E-state index contributed by atoms with van der Waals surface area (Å²) in [6.45, 7) is 4.42. The minimum Gasteiger partial charge on any atom is -0.489 e. The molecule has 6 heteroatoms. The number of hydrogen-bond donors (Lipinski definition) is 1. The number of thiazole rings is 1. The third-order valence-electron chi connectivity index (χ3n) is 3.52. The standard InChI is InChI=1S/C20H17ClN2O2S/c1-2-9-22-19(24)18-13-26-20(23-18)15-6-4-8-17(11-15)25-12-14-5-3-7-16(21)10-14/h2-8,10-11,13H,1,9,12H2,(H,22,24). The van der Waals surface area contributed by atoms with Gasteiger partial charge in [-0.3, -0.25) is 4.79 Å². The molecular formula is C20H17ClN2O2S. The molecule has 0 fully saturated rings. The fourth-order valence-electron chi connectivity index (χ4n) is 2.28. The molecule has 1 amide bonds. The maximum Gasteiger partial charge on any atom is 0.271 e. The van der Waals surface area contributed by atoms with Crippen molar-refractivity contribution in [3.8, 4) is 16.3 Å². The topological polar surface area (TPSA) is 51.2 Å². The van der Waals surface area contributed by atoms with Crippen LogP contribution in [-0.4, -0.2) is 17.4 Å². The Kier molecular flexibility index (Phi) is 6.04. The third-order valence-corrected chi connectivity index (χ3v) is 4.65. The minimum atomic E-state index is -0.208. The van der Waals surface area contributed by atoms with Crippen molar-refractivity contribution in [3.63, 3.8) is 0 Å². The number of hydrogen-bond acceptors (Lipinski definition) is 4. The number of nitrogens with one attached hydrogen (secondary N) is 1. The van der Waals surface area contributed by atoms with Crippen molar-refractivity contribution in [2.45, 2.75) is 6.61 Å². The molecule has 3 rings (SSSR count). The summed E-state index contributed by atoms with van der Waals surface area (Å²) < 4.78 is 5.84. The van der Waals surface area contributed by atoms with Gasteiger partial charge in [-0.25, -0.2) is 4.98 Å². The van der Waals surface area contributed by atoms with Crippen molar-refractivity contribution >= 4 is 28.8 Å². The van der Waals surface area contributed by atoms with E-state index in [9.17, 15) is 4.79 Å². The second kappa shape index (κ2) is 8.65. The van der Waals surface area contributed by atoms with Crippen LogP contribution in [0.2, 0.25) is 5.02 Å². The van der Waals surface area contributed by atoms with E-state index in [0.717, 1.165) is 21.9 Å². The second-order valence-corrected chi connectivity index (χ2v) is 6.78. The molecule has 3 aromatic rings. The SMILES string of the molecule is C=CCNC(=O)c1csc(-c2cccc(OCc3cccc(Cl)c3)c2)n1. The fourth-order valence-corrected chi connectivity index (χ4v) is 3.29. The zero-order chi connectivity index (χ0) is 18.4. The Morgan fingerprint density at radius 1 is 1.27 bits per heavy atom. The van der Waals surface area contributed by atoms with Gasteiger partial charge in [0.05, 0.1) is 0 Å². The molecular weight excluding hydrogens is 368 g/mol. The van der Waals surface area contributed by atoms with E-state index in [2.05, 4.69) is 16.9 Å². The number of amides is 1. The lowest BCUT2D eigenvalue weighted by Gasteiger charge is -2.07. The number of carbonyl (C=O) groups excluding carboxylic acids is 1. The molecule has 0 atom stereocenters. The first-order valence-corrected chi connectivity index (χ1v) is 9.24. The van der Waals surface area contributed by atoms with Gasteiger partial charge in [-0.15, -0.1) is 17.9 Å². The monoisotopic (exact) mass is 384 g/mol. The zero-order valence-electron chi connectivity index (χ0n) is 13.9. The molecule has 0 saturated carbocycles. The van der Waals surface area contributed by atoms with Crippen LogP contribution >= 0.6 is 22.9 Å². The van der Waals surface area contributed by atoms with Gasteiger partial charge in [-0.05, 0) is 29.8 Å². The van der Waals surface area contributed by atoms with Gasteiger partial charge in [0.15, 0.2) is 0 Å². The molecule has 0 aliphatic rings. The van der Waals surface area contributed by atoms with Crippen LogP contribution in [0.5, 0.6) is 5.75 Å². The largest absolute Gasteiger partial charge is 0.489 e. The number of ether oxygens (including phenoxy) is 1. The lowest BCUT2D eigenvalue weighted by atomic mass is 10.2. The Morgan fingerprint density at radius 2 is 2.12 bits per heavy atom.